The Kier molecular flexibility index (Phi) is 7.13. The molecule has 3 amide bonds. The van der Waals surface area contributed by atoms with Gasteiger partial charge in [0.1, 0.15) is 12.4 Å². The molecule has 8 nitrogen and oxygen atoms in total. The van der Waals surface area contributed by atoms with Gasteiger partial charge in [0.2, 0.25) is 5.91 Å². The largest absolute Gasteiger partial charge is 0.504 e. The molecule has 3 rings (SSSR count). The number of carbonyl (C=O) groups excluding carboxylic acids is 2. The lowest BCUT2D eigenvalue weighted by molar-refractivity contribution is -0.121. The lowest BCUT2D eigenvalue weighted by atomic mass is 10.0. The summed E-state index contributed by atoms with van der Waals surface area (Å²) in [6, 6.07) is 5.16. The molecule has 2 heterocycles. The van der Waals surface area contributed by atoms with Gasteiger partial charge in [0, 0.05) is 23.5 Å². The van der Waals surface area contributed by atoms with Crippen LogP contribution in [0.5, 0.6) is 17.2 Å². The second kappa shape index (κ2) is 9.77. The lowest BCUT2D eigenvalue weighted by Crippen LogP contribution is -2.36. The number of phenols is 1. The number of fused-ring (bicyclic) bond motifs is 1. The second-order valence-electron chi connectivity index (χ2n) is 6.90. The fourth-order valence-electron chi connectivity index (χ4n) is 3.47. The summed E-state index contributed by atoms with van der Waals surface area (Å²) in [5.41, 5.74) is 0. The number of ether oxygens (including phenoxy) is 2. The zero-order valence-corrected chi connectivity index (χ0v) is 16.7. The molecule has 0 radical (unpaired) electrons. The maximum atomic E-state index is 11.9. The zero-order chi connectivity index (χ0) is 19.9. The van der Waals surface area contributed by atoms with Gasteiger partial charge in [-0.1, -0.05) is 6.42 Å². The molecule has 4 N–H and O–H groups in total. The molecule has 0 spiro atoms. The number of rotatable bonds is 10. The number of carbonyl (C=O) groups is 2. The SMILES string of the molecule is COc1cc(OCCNC(=O)CCCC[C@@H]2SC[C@@H]3NC(=O)N[C@@H]32)ccc1O. The van der Waals surface area contributed by atoms with Crippen molar-refractivity contribution in [1.82, 2.24) is 16.0 Å². The van der Waals surface area contributed by atoms with Crippen LogP contribution < -0.4 is 25.4 Å². The van der Waals surface area contributed by atoms with E-state index < -0.39 is 0 Å². The predicted octanol–water partition coefficient (Wildman–Crippen LogP) is 1.62. The highest BCUT2D eigenvalue weighted by Gasteiger charge is 2.42. The molecule has 154 valence electrons. The van der Waals surface area contributed by atoms with E-state index in [9.17, 15) is 14.7 Å². The van der Waals surface area contributed by atoms with Crippen LogP contribution in [-0.2, 0) is 4.79 Å². The average molecular weight is 410 g/mol. The Hall–Kier alpha value is -2.29. The van der Waals surface area contributed by atoms with Gasteiger partial charge in [0.05, 0.1) is 25.7 Å². The van der Waals surface area contributed by atoms with Crippen molar-refractivity contribution in [2.45, 2.75) is 43.0 Å². The average Bonchev–Trinajstić information content (AvgIpc) is 3.23. The standard InChI is InChI=1S/C19H27N3O5S/c1-26-15-10-12(6-7-14(15)23)27-9-8-20-17(24)5-3-2-4-16-18-13(11-28-16)21-19(25)22-18/h6-7,10,13,16,18,23H,2-5,8-9,11H2,1H3,(H,20,24)(H2,21,22,25)/t13-,16-,18-/m0/s1. The van der Waals surface area contributed by atoms with Gasteiger partial charge in [0.15, 0.2) is 11.5 Å². The van der Waals surface area contributed by atoms with Crippen LogP contribution in [-0.4, -0.2) is 60.4 Å². The van der Waals surface area contributed by atoms with Crippen molar-refractivity contribution in [3.63, 3.8) is 0 Å². The number of aromatic hydroxyl groups is 1. The van der Waals surface area contributed by atoms with E-state index in [1.54, 1.807) is 12.1 Å². The maximum absolute atomic E-state index is 11.9. The van der Waals surface area contributed by atoms with Crippen LogP contribution in [0.15, 0.2) is 18.2 Å². The van der Waals surface area contributed by atoms with Crippen molar-refractivity contribution in [3.05, 3.63) is 18.2 Å². The minimum absolute atomic E-state index is 0.0136. The molecule has 0 bridgehead atoms. The molecule has 1 aromatic carbocycles. The van der Waals surface area contributed by atoms with Gasteiger partial charge in [0.25, 0.3) is 0 Å². The van der Waals surface area contributed by atoms with Crippen LogP contribution in [0, 0.1) is 0 Å². The van der Waals surface area contributed by atoms with E-state index >= 15 is 0 Å². The third-order valence-corrected chi connectivity index (χ3v) is 6.43. The normalized spacial score (nSPS) is 22.9. The molecule has 1 aromatic rings. The van der Waals surface area contributed by atoms with E-state index in [4.69, 9.17) is 9.47 Å². The highest BCUT2D eigenvalue weighted by atomic mass is 32.2. The summed E-state index contributed by atoms with van der Waals surface area (Å²) in [5.74, 6) is 1.95. The monoisotopic (exact) mass is 409 g/mol. The molecule has 2 fully saturated rings. The van der Waals surface area contributed by atoms with Gasteiger partial charge in [-0.05, 0) is 25.0 Å². The van der Waals surface area contributed by atoms with E-state index in [2.05, 4.69) is 16.0 Å². The highest BCUT2D eigenvalue weighted by molar-refractivity contribution is 8.00. The molecule has 2 aliphatic rings. The summed E-state index contributed by atoms with van der Waals surface area (Å²) in [6.07, 6.45) is 3.29. The van der Waals surface area contributed by atoms with E-state index in [0.29, 0.717) is 36.3 Å². The Labute approximate surface area is 168 Å². The van der Waals surface area contributed by atoms with Crippen LogP contribution >= 0.6 is 11.8 Å². The number of hydrogen-bond acceptors (Lipinski definition) is 6. The van der Waals surface area contributed by atoms with Crippen molar-refractivity contribution in [2.24, 2.45) is 0 Å². The van der Waals surface area contributed by atoms with Crippen LogP contribution in [0.4, 0.5) is 4.79 Å². The number of unbranched alkanes of at least 4 members (excludes halogenated alkanes) is 1. The van der Waals surface area contributed by atoms with Crippen molar-refractivity contribution in [1.29, 1.82) is 0 Å². The van der Waals surface area contributed by atoms with E-state index in [0.717, 1.165) is 25.0 Å². The second-order valence-corrected chi connectivity index (χ2v) is 8.17. The quantitative estimate of drug-likeness (QED) is 0.345. The summed E-state index contributed by atoms with van der Waals surface area (Å²) >= 11 is 1.89. The summed E-state index contributed by atoms with van der Waals surface area (Å²) < 4.78 is 10.6. The third-order valence-electron chi connectivity index (χ3n) is 4.92. The molecule has 0 aliphatic carbocycles. The summed E-state index contributed by atoms with van der Waals surface area (Å²) in [6.45, 7) is 0.760. The number of methoxy groups -OCH3 is 1. The first-order chi connectivity index (χ1) is 13.6. The molecular weight excluding hydrogens is 382 g/mol. The van der Waals surface area contributed by atoms with Crippen LogP contribution in [0.2, 0.25) is 0 Å². The summed E-state index contributed by atoms with van der Waals surface area (Å²) in [4.78, 5) is 23.3. The van der Waals surface area contributed by atoms with Gasteiger partial charge < -0.3 is 30.5 Å². The number of urea groups is 1. The van der Waals surface area contributed by atoms with Crippen molar-refractivity contribution < 1.29 is 24.2 Å². The molecular formula is C19H27N3O5S. The molecule has 9 heteroatoms. The summed E-state index contributed by atoms with van der Waals surface area (Å²) in [7, 11) is 1.48. The zero-order valence-electron chi connectivity index (χ0n) is 15.9. The first kappa shape index (κ1) is 20.4. The van der Waals surface area contributed by atoms with E-state index in [1.807, 2.05) is 11.8 Å². The Bertz CT molecular complexity index is 702. The molecule has 3 atom stereocenters. The number of benzene rings is 1. The van der Waals surface area contributed by atoms with Gasteiger partial charge >= 0.3 is 6.03 Å². The molecule has 0 unspecified atom stereocenters. The maximum Gasteiger partial charge on any atom is 0.315 e. The smallest absolute Gasteiger partial charge is 0.315 e. The van der Waals surface area contributed by atoms with Crippen LogP contribution in [0.25, 0.3) is 0 Å². The summed E-state index contributed by atoms with van der Waals surface area (Å²) in [5, 5.41) is 18.8. The topological polar surface area (TPSA) is 109 Å². The Morgan fingerprint density at radius 1 is 1.36 bits per heavy atom. The van der Waals surface area contributed by atoms with E-state index in [-0.39, 0.29) is 29.8 Å². The number of nitrogens with one attached hydrogen (secondary N) is 3. The fraction of sp³-hybridized carbons (Fsp3) is 0.579. The first-order valence-corrected chi connectivity index (χ1v) is 10.6. The molecule has 0 aromatic heterocycles. The number of thioether (sulfide) groups is 1. The molecule has 2 saturated heterocycles. The van der Waals surface area contributed by atoms with Gasteiger partial charge in [-0.15, -0.1) is 0 Å². The molecule has 28 heavy (non-hydrogen) atoms. The van der Waals surface area contributed by atoms with Crippen molar-refractivity contribution in [3.8, 4) is 17.2 Å². The third kappa shape index (κ3) is 5.37. The van der Waals surface area contributed by atoms with Crippen molar-refractivity contribution >= 4 is 23.7 Å². The molecule has 0 saturated carbocycles. The highest BCUT2D eigenvalue weighted by Crippen LogP contribution is 2.33. The van der Waals surface area contributed by atoms with Crippen LogP contribution in [0.3, 0.4) is 0 Å². The van der Waals surface area contributed by atoms with Gasteiger partial charge in [-0.25, -0.2) is 4.79 Å². The van der Waals surface area contributed by atoms with Gasteiger partial charge in [-0.2, -0.15) is 11.8 Å². The van der Waals surface area contributed by atoms with E-state index in [1.165, 1.54) is 13.2 Å². The minimum Gasteiger partial charge on any atom is -0.504 e. The Morgan fingerprint density at radius 2 is 2.21 bits per heavy atom. The van der Waals surface area contributed by atoms with Crippen LogP contribution in [0.1, 0.15) is 25.7 Å². The Morgan fingerprint density at radius 3 is 3.04 bits per heavy atom. The Balaban J connectivity index is 1.25. The number of amides is 3. The van der Waals surface area contributed by atoms with Gasteiger partial charge in [-0.3, -0.25) is 4.79 Å². The minimum atomic E-state index is -0.0624. The number of phenolic OH excluding ortho intramolecular Hbond substituents is 1. The fourth-order valence-corrected chi connectivity index (χ4v) is 5.01. The van der Waals surface area contributed by atoms with Crippen molar-refractivity contribution in [2.75, 3.05) is 26.0 Å². The predicted molar refractivity (Wildman–Crippen MR) is 107 cm³/mol. The number of hydrogen-bond donors (Lipinski definition) is 4. The molecule has 2 aliphatic heterocycles. The lowest BCUT2D eigenvalue weighted by Gasteiger charge is -2.16. The first-order valence-electron chi connectivity index (χ1n) is 9.52.